The predicted molar refractivity (Wildman–Crippen MR) is 90.2 cm³/mol. The summed E-state index contributed by atoms with van der Waals surface area (Å²) in [7, 11) is 1.42. The van der Waals surface area contributed by atoms with Gasteiger partial charge in [-0.2, -0.15) is 0 Å². The van der Waals surface area contributed by atoms with E-state index in [9.17, 15) is 24.9 Å². The Bertz CT molecular complexity index is 805. The first kappa shape index (κ1) is 18.9. The van der Waals surface area contributed by atoms with Crippen molar-refractivity contribution in [1.29, 1.82) is 0 Å². The van der Waals surface area contributed by atoms with Crippen molar-refractivity contribution >= 4 is 11.8 Å². The molecule has 0 atom stereocenters. The molecule has 26 heavy (non-hydrogen) atoms. The summed E-state index contributed by atoms with van der Waals surface area (Å²) < 4.78 is 9.80. The second kappa shape index (κ2) is 8.11. The van der Waals surface area contributed by atoms with Crippen LogP contribution in [-0.2, 0) is 11.2 Å². The average molecular weight is 362 g/mol. The predicted octanol–water partition coefficient (Wildman–Crippen LogP) is 2.09. The molecule has 0 spiro atoms. The maximum Gasteiger partial charge on any atom is 0.341 e. The number of ketones is 1. The Morgan fingerprint density at radius 1 is 1.00 bits per heavy atom. The zero-order chi connectivity index (χ0) is 19.3. The molecular weight excluding hydrogens is 344 g/mol. The van der Waals surface area contributed by atoms with Crippen LogP contribution in [0.2, 0.25) is 0 Å². The summed E-state index contributed by atoms with van der Waals surface area (Å²) in [6.45, 7) is -0.646. The summed E-state index contributed by atoms with van der Waals surface area (Å²) >= 11 is 0. The van der Waals surface area contributed by atoms with Crippen molar-refractivity contribution in [2.24, 2.45) is 0 Å². The van der Waals surface area contributed by atoms with Gasteiger partial charge < -0.3 is 29.9 Å². The molecule has 0 unspecified atom stereocenters. The van der Waals surface area contributed by atoms with Gasteiger partial charge in [0.2, 0.25) is 0 Å². The highest BCUT2D eigenvalue weighted by Crippen LogP contribution is 2.34. The van der Waals surface area contributed by atoms with Gasteiger partial charge in [0, 0.05) is 18.6 Å². The number of Topliss-reactive ketones (excluding diaryl/α,β-unsaturated/α-hetero) is 1. The number of hydrogen-bond donors (Lipinski definition) is 4. The monoisotopic (exact) mass is 362 g/mol. The molecule has 0 aromatic heterocycles. The lowest BCUT2D eigenvalue weighted by Gasteiger charge is -2.10. The van der Waals surface area contributed by atoms with E-state index in [2.05, 4.69) is 0 Å². The first-order valence-electron chi connectivity index (χ1n) is 7.61. The number of phenols is 3. The molecule has 8 heteroatoms. The molecule has 8 nitrogen and oxygen atoms in total. The van der Waals surface area contributed by atoms with Gasteiger partial charge in [-0.3, -0.25) is 4.79 Å². The van der Waals surface area contributed by atoms with Gasteiger partial charge in [0.1, 0.15) is 22.8 Å². The number of carbonyl (C=O) groups is 2. The number of ether oxygens (including phenoxy) is 2. The lowest BCUT2D eigenvalue weighted by molar-refractivity contribution is -0.139. The summed E-state index contributed by atoms with van der Waals surface area (Å²) in [5.41, 5.74) is 0.405. The van der Waals surface area contributed by atoms with E-state index in [4.69, 9.17) is 14.6 Å². The zero-order valence-electron chi connectivity index (χ0n) is 13.9. The molecule has 0 radical (unpaired) electrons. The fourth-order valence-electron chi connectivity index (χ4n) is 2.37. The van der Waals surface area contributed by atoms with Crippen LogP contribution in [0.5, 0.6) is 28.7 Å². The standard InChI is InChI=1S/C18H18O8/c1-25-16-5-3-10(6-13(16)20)2-4-12(19)18-14(21)7-11(8-15(18)22)26-9-17(23)24/h3,5-8,20-22H,2,4,9H2,1H3,(H,23,24). The summed E-state index contributed by atoms with van der Waals surface area (Å²) in [6.07, 6.45) is 0.245. The topological polar surface area (TPSA) is 134 Å². The lowest BCUT2D eigenvalue weighted by Crippen LogP contribution is -2.09. The van der Waals surface area contributed by atoms with Crippen LogP contribution in [0.1, 0.15) is 22.3 Å². The summed E-state index contributed by atoms with van der Waals surface area (Å²) in [6, 6.07) is 6.85. The molecule has 4 N–H and O–H groups in total. The molecule has 2 rings (SSSR count). The molecule has 0 aliphatic heterocycles. The fourth-order valence-corrected chi connectivity index (χ4v) is 2.37. The van der Waals surface area contributed by atoms with Crippen molar-refractivity contribution in [3.05, 3.63) is 41.5 Å². The highest BCUT2D eigenvalue weighted by Gasteiger charge is 2.18. The third-order valence-electron chi connectivity index (χ3n) is 3.60. The second-order valence-electron chi connectivity index (χ2n) is 5.45. The zero-order valence-corrected chi connectivity index (χ0v) is 13.9. The Morgan fingerprint density at radius 3 is 2.19 bits per heavy atom. The molecule has 0 bridgehead atoms. The minimum Gasteiger partial charge on any atom is -0.507 e. The number of hydrogen-bond acceptors (Lipinski definition) is 7. The number of phenolic OH excluding ortho intramolecular Hbond substituents is 3. The van der Waals surface area contributed by atoms with E-state index in [0.717, 1.165) is 12.1 Å². The Labute approximate surface area is 148 Å². The van der Waals surface area contributed by atoms with E-state index < -0.39 is 29.9 Å². The van der Waals surface area contributed by atoms with E-state index in [-0.39, 0.29) is 29.9 Å². The Morgan fingerprint density at radius 2 is 1.65 bits per heavy atom. The van der Waals surface area contributed by atoms with Crippen LogP contribution in [0, 0.1) is 0 Å². The Hall–Kier alpha value is -3.42. The molecule has 0 aliphatic carbocycles. The van der Waals surface area contributed by atoms with E-state index in [1.165, 1.54) is 13.2 Å². The Kier molecular flexibility index (Phi) is 5.90. The smallest absolute Gasteiger partial charge is 0.341 e. The van der Waals surface area contributed by atoms with Gasteiger partial charge in [-0.15, -0.1) is 0 Å². The molecule has 138 valence electrons. The van der Waals surface area contributed by atoms with Crippen LogP contribution >= 0.6 is 0 Å². The first-order valence-corrected chi connectivity index (χ1v) is 7.61. The van der Waals surface area contributed by atoms with Crippen LogP contribution in [-0.4, -0.2) is 45.9 Å². The van der Waals surface area contributed by atoms with Crippen LogP contribution in [0.25, 0.3) is 0 Å². The van der Waals surface area contributed by atoms with E-state index in [0.29, 0.717) is 11.3 Å². The minimum absolute atomic E-state index is 0.0256. The molecule has 0 amide bonds. The van der Waals surface area contributed by atoms with Crippen molar-refractivity contribution in [3.8, 4) is 28.7 Å². The number of methoxy groups -OCH3 is 1. The molecule has 0 saturated carbocycles. The molecule has 0 saturated heterocycles. The number of aliphatic carboxylic acids is 1. The van der Waals surface area contributed by atoms with Crippen LogP contribution in [0.4, 0.5) is 0 Å². The van der Waals surface area contributed by atoms with E-state index >= 15 is 0 Å². The summed E-state index contributed by atoms with van der Waals surface area (Å²) in [5.74, 6) is -2.55. The number of carboxylic acid groups (broad SMARTS) is 1. The van der Waals surface area contributed by atoms with E-state index in [1.807, 2.05) is 0 Å². The maximum atomic E-state index is 12.3. The van der Waals surface area contributed by atoms with Crippen LogP contribution < -0.4 is 9.47 Å². The molecule has 2 aromatic carbocycles. The van der Waals surface area contributed by atoms with Crippen LogP contribution in [0.15, 0.2) is 30.3 Å². The van der Waals surface area contributed by atoms with Gasteiger partial charge in [0.25, 0.3) is 0 Å². The molecular formula is C18H18O8. The summed E-state index contributed by atoms with van der Waals surface area (Å²) in [5, 5.41) is 38.2. The van der Waals surface area contributed by atoms with Crippen molar-refractivity contribution in [2.45, 2.75) is 12.8 Å². The quantitative estimate of drug-likeness (QED) is 0.525. The SMILES string of the molecule is COc1ccc(CCC(=O)c2c(O)cc(OCC(=O)O)cc2O)cc1O. The number of aryl methyl sites for hydroxylation is 1. The fraction of sp³-hybridized carbons (Fsp3) is 0.222. The lowest BCUT2D eigenvalue weighted by atomic mass is 10.0. The number of benzene rings is 2. The second-order valence-corrected chi connectivity index (χ2v) is 5.45. The highest BCUT2D eigenvalue weighted by atomic mass is 16.5. The normalized spacial score (nSPS) is 10.3. The number of aromatic hydroxyl groups is 3. The van der Waals surface area contributed by atoms with Gasteiger partial charge in [0.15, 0.2) is 23.9 Å². The average Bonchev–Trinajstić information content (AvgIpc) is 2.57. The van der Waals surface area contributed by atoms with Crippen molar-refractivity contribution in [2.75, 3.05) is 13.7 Å². The first-order chi connectivity index (χ1) is 12.3. The van der Waals surface area contributed by atoms with Gasteiger partial charge in [-0.05, 0) is 24.1 Å². The van der Waals surface area contributed by atoms with Crippen molar-refractivity contribution < 1.29 is 39.5 Å². The van der Waals surface area contributed by atoms with Crippen molar-refractivity contribution in [3.63, 3.8) is 0 Å². The molecule has 0 aliphatic rings. The summed E-state index contributed by atoms with van der Waals surface area (Å²) in [4.78, 5) is 22.8. The Balaban J connectivity index is 2.09. The number of carbonyl (C=O) groups excluding carboxylic acids is 1. The number of rotatable bonds is 8. The highest BCUT2D eigenvalue weighted by molar-refractivity contribution is 6.01. The molecule has 0 heterocycles. The molecule has 0 fully saturated rings. The van der Waals surface area contributed by atoms with Gasteiger partial charge in [-0.25, -0.2) is 4.79 Å². The van der Waals surface area contributed by atoms with Crippen LogP contribution in [0.3, 0.4) is 0 Å². The molecule has 2 aromatic rings. The van der Waals surface area contributed by atoms with Gasteiger partial charge in [0.05, 0.1) is 7.11 Å². The third kappa shape index (κ3) is 4.56. The third-order valence-corrected chi connectivity index (χ3v) is 3.60. The number of carboxylic acids is 1. The maximum absolute atomic E-state index is 12.3. The van der Waals surface area contributed by atoms with Gasteiger partial charge in [-0.1, -0.05) is 6.07 Å². The minimum atomic E-state index is -1.22. The van der Waals surface area contributed by atoms with E-state index in [1.54, 1.807) is 12.1 Å². The largest absolute Gasteiger partial charge is 0.507 e. The van der Waals surface area contributed by atoms with Gasteiger partial charge >= 0.3 is 5.97 Å². The van der Waals surface area contributed by atoms with Crippen molar-refractivity contribution in [1.82, 2.24) is 0 Å².